The number of hydrogen-bond acceptors (Lipinski definition) is 9. The normalized spacial score (nSPS) is 12.1. The average molecular weight is 469 g/mol. The zero-order valence-electron chi connectivity index (χ0n) is 19.2. The molecule has 4 heterocycles. The number of aromatic nitrogens is 6. The Kier molecular flexibility index (Phi) is 6.54. The van der Waals surface area contributed by atoms with Crippen LogP contribution in [-0.2, 0) is 17.9 Å². The van der Waals surface area contributed by atoms with Crippen molar-refractivity contribution in [2.45, 2.75) is 46.3 Å². The number of aryl methyl sites for hydroxylation is 1. The van der Waals surface area contributed by atoms with Gasteiger partial charge in [-0.25, -0.2) is 9.97 Å². The topological polar surface area (TPSA) is 113 Å². The molecule has 11 heteroatoms. The Hall–Kier alpha value is -3.15. The molecule has 4 aromatic rings. The van der Waals surface area contributed by atoms with Gasteiger partial charge < -0.3 is 15.2 Å². The number of aliphatic hydroxyl groups excluding tert-OH is 1. The molecule has 10 nitrogen and oxygen atoms in total. The second-order valence-corrected chi connectivity index (χ2v) is 9.28. The second kappa shape index (κ2) is 9.38. The lowest BCUT2D eigenvalue weighted by Gasteiger charge is -2.35. The first-order valence-electron chi connectivity index (χ1n) is 10.7. The van der Waals surface area contributed by atoms with Crippen LogP contribution < -0.4 is 5.32 Å². The van der Waals surface area contributed by atoms with Crippen molar-refractivity contribution in [2.24, 2.45) is 0 Å². The summed E-state index contributed by atoms with van der Waals surface area (Å²) in [5, 5.41) is 18.2. The van der Waals surface area contributed by atoms with Crippen molar-refractivity contribution >= 4 is 34.3 Å². The number of carbonyl (C=O) groups excluding carboxylic acids is 1. The summed E-state index contributed by atoms with van der Waals surface area (Å²) in [7, 11) is 0. The van der Waals surface area contributed by atoms with Gasteiger partial charge in [0.2, 0.25) is 0 Å². The Labute approximate surface area is 196 Å². The van der Waals surface area contributed by atoms with Gasteiger partial charge in [-0.1, -0.05) is 6.92 Å². The molecule has 0 amide bonds. The molecule has 0 aromatic carbocycles. The van der Waals surface area contributed by atoms with Gasteiger partial charge in [0.05, 0.1) is 42.6 Å². The third-order valence-corrected chi connectivity index (χ3v) is 6.32. The van der Waals surface area contributed by atoms with Crippen LogP contribution in [0.2, 0.25) is 0 Å². The highest BCUT2D eigenvalue weighted by molar-refractivity contribution is 7.10. The summed E-state index contributed by atoms with van der Waals surface area (Å²) in [6.45, 7) is 9.81. The number of anilines is 2. The van der Waals surface area contributed by atoms with Crippen molar-refractivity contribution in [1.29, 1.82) is 0 Å². The second-order valence-electron chi connectivity index (χ2n) is 8.48. The summed E-state index contributed by atoms with van der Waals surface area (Å²) < 4.78 is 8.14. The van der Waals surface area contributed by atoms with Crippen LogP contribution in [0, 0.1) is 6.92 Å². The zero-order chi connectivity index (χ0) is 23.6. The van der Waals surface area contributed by atoms with Crippen molar-refractivity contribution in [1.82, 2.24) is 33.4 Å². The SMILES string of the molecule is CCN(Cc1cc(Nc2nc(C)cn3c(-c4cnn(CC=O)c4)cnc23)sn1)C(C)(C)CO. The predicted molar refractivity (Wildman–Crippen MR) is 128 cm³/mol. The Morgan fingerprint density at radius 3 is 2.85 bits per heavy atom. The molecule has 174 valence electrons. The van der Waals surface area contributed by atoms with E-state index in [1.807, 2.05) is 43.6 Å². The van der Waals surface area contributed by atoms with Crippen molar-refractivity contribution in [2.75, 3.05) is 18.5 Å². The van der Waals surface area contributed by atoms with Crippen LogP contribution in [0.4, 0.5) is 10.8 Å². The Morgan fingerprint density at radius 1 is 1.30 bits per heavy atom. The first-order valence-corrected chi connectivity index (χ1v) is 11.5. The molecule has 4 aromatic heterocycles. The third-order valence-electron chi connectivity index (χ3n) is 5.58. The number of hydrogen-bond donors (Lipinski definition) is 2. The molecule has 33 heavy (non-hydrogen) atoms. The van der Waals surface area contributed by atoms with Crippen LogP contribution in [0.25, 0.3) is 16.9 Å². The molecule has 0 aliphatic heterocycles. The van der Waals surface area contributed by atoms with Crippen molar-refractivity contribution < 1.29 is 9.90 Å². The highest BCUT2D eigenvalue weighted by Crippen LogP contribution is 2.28. The van der Waals surface area contributed by atoms with E-state index < -0.39 is 0 Å². The molecule has 0 saturated heterocycles. The van der Waals surface area contributed by atoms with E-state index in [1.54, 1.807) is 17.1 Å². The van der Waals surface area contributed by atoms with Gasteiger partial charge in [-0.15, -0.1) is 0 Å². The lowest BCUT2D eigenvalue weighted by molar-refractivity contribution is -0.108. The van der Waals surface area contributed by atoms with Crippen LogP contribution in [0.15, 0.2) is 30.9 Å². The number of rotatable bonds is 10. The van der Waals surface area contributed by atoms with Gasteiger partial charge in [0, 0.05) is 30.0 Å². The molecule has 0 bridgehead atoms. The number of fused-ring (bicyclic) bond motifs is 1. The number of aliphatic hydroxyl groups is 1. The third kappa shape index (κ3) is 4.80. The monoisotopic (exact) mass is 468 g/mol. The molecule has 0 aliphatic carbocycles. The molecular formula is C22H28N8O2S. The van der Waals surface area contributed by atoms with Crippen molar-refractivity contribution in [3.63, 3.8) is 0 Å². The number of nitrogens with zero attached hydrogens (tertiary/aromatic N) is 7. The summed E-state index contributed by atoms with van der Waals surface area (Å²) in [5.74, 6) is 0.639. The number of carbonyl (C=O) groups is 1. The van der Waals surface area contributed by atoms with E-state index in [1.165, 1.54) is 11.5 Å². The fraction of sp³-hybridized carbons (Fsp3) is 0.409. The average Bonchev–Trinajstić information content (AvgIpc) is 3.52. The van der Waals surface area contributed by atoms with E-state index in [9.17, 15) is 9.90 Å². The highest BCUT2D eigenvalue weighted by Gasteiger charge is 2.25. The summed E-state index contributed by atoms with van der Waals surface area (Å²) >= 11 is 1.37. The number of nitrogens with one attached hydrogen (secondary N) is 1. The van der Waals surface area contributed by atoms with Crippen LogP contribution in [0.5, 0.6) is 0 Å². The first-order chi connectivity index (χ1) is 15.8. The maximum atomic E-state index is 10.8. The van der Waals surface area contributed by atoms with E-state index >= 15 is 0 Å². The van der Waals surface area contributed by atoms with Gasteiger partial charge in [0.1, 0.15) is 11.3 Å². The van der Waals surface area contributed by atoms with Gasteiger partial charge >= 0.3 is 0 Å². The van der Waals surface area contributed by atoms with E-state index in [2.05, 4.69) is 36.6 Å². The van der Waals surface area contributed by atoms with E-state index in [0.29, 0.717) is 18.0 Å². The Bertz CT molecular complexity index is 1260. The standard InChI is InChI=1S/C22H28N8O2S/c1-5-28(22(3,4)14-32)13-17-8-19(33-27-17)26-20-21-23-10-18(30(21)11-15(2)25-20)16-9-24-29(12-16)6-7-31/h7-12,32H,5-6,13-14H2,1-4H3,(H,25,26). The van der Waals surface area contributed by atoms with Gasteiger partial charge in [-0.05, 0) is 44.9 Å². The molecule has 0 unspecified atom stereocenters. The fourth-order valence-corrected chi connectivity index (χ4v) is 4.35. The van der Waals surface area contributed by atoms with Crippen LogP contribution in [-0.4, -0.2) is 63.5 Å². The van der Waals surface area contributed by atoms with Gasteiger partial charge in [-0.3, -0.25) is 14.0 Å². The maximum absolute atomic E-state index is 10.8. The summed E-state index contributed by atoms with van der Waals surface area (Å²) in [6.07, 6.45) is 8.06. The lowest BCUT2D eigenvalue weighted by atomic mass is 10.0. The molecule has 0 fully saturated rings. The molecule has 0 saturated carbocycles. The molecule has 2 N–H and O–H groups in total. The highest BCUT2D eigenvalue weighted by atomic mass is 32.1. The summed E-state index contributed by atoms with van der Waals surface area (Å²) in [4.78, 5) is 22.2. The molecule has 0 radical (unpaired) electrons. The fourth-order valence-electron chi connectivity index (χ4n) is 3.69. The number of aldehydes is 1. The van der Waals surface area contributed by atoms with E-state index in [4.69, 9.17) is 0 Å². The molecular weight excluding hydrogens is 440 g/mol. The Balaban J connectivity index is 1.60. The largest absolute Gasteiger partial charge is 0.394 e. The van der Waals surface area contributed by atoms with Crippen LogP contribution in [0.1, 0.15) is 32.2 Å². The summed E-state index contributed by atoms with van der Waals surface area (Å²) in [5.41, 5.74) is 3.86. The lowest BCUT2D eigenvalue weighted by Crippen LogP contribution is -2.46. The zero-order valence-corrected chi connectivity index (χ0v) is 20.0. The summed E-state index contributed by atoms with van der Waals surface area (Å²) in [6, 6.07) is 2.01. The number of likely N-dealkylation sites (N-methyl/N-ethyl adjacent to an activating group) is 1. The van der Waals surface area contributed by atoms with Gasteiger partial charge in [-0.2, -0.15) is 9.47 Å². The van der Waals surface area contributed by atoms with E-state index in [-0.39, 0.29) is 18.7 Å². The van der Waals surface area contributed by atoms with Crippen LogP contribution in [0.3, 0.4) is 0 Å². The van der Waals surface area contributed by atoms with Crippen molar-refractivity contribution in [3.05, 3.63) is 42.2 Å². The minimum Gasteiger partial charge on any atom is -0.394 e. The molecule has 4 rings (SSSR count). The molecule has 0 aliphatic rings. The van der Waals surface area contributed by atoms with E-state index in [0.717, 1.165) is 40.5 Å². The smallest absolute Gasteiger partial charge is 0.180 e. The molecule has 0 atom stereocenters. The van der Waals surface area contributed by atoms with Crippen molar-refractivity contribution in [3.8, 4) is 11.3 Å². The van der Waals surface area contributed by atoms with Gasteiger partial charge in [0.15, 0.2) is 11.5 Å². The minimum atomic E-state index is -0.317. The van der Waals surface area contributed by atoms with Crippen LogP contribution >= 0.6 is 11.5 Å². The minimum absolute atomic E-state index is 0.0809. The Morgan fingerprint density at radius 2 is 2.12 bits per heavy atom. The van der Waals surface area contributed by atoms with Gasteiger partial charge in [0.25, 0.3) is 0 Å². The predicted octanol–water partition coefficient (Wildman–Crippen LogP) is 2.89. The number of imidazole rings is 1. The quantitative estimate of drug-likeness (QED) is 0.342. The first kappa shape index (κ1) is 23.0. The maximum Gasteiger partial charge on any atom is 0.180 e. The molecule has 0 spiro atoms.